The average molecular weight is 483 g/mol. The zero-order valence-electron chi connectivity index (χ0n) is 15.9. The topological polar surface area (TPSA) is 129 Å². The predicted octanol–water partition coefficient (Wildman–Crippen LogP) is 2.66. The monoisotopic (exact) mass is 482 g/mol. The fourth-order valence-electron chi connectivity index (χ4n) is 2.67. The Morgan fingerprint density at radius 3 is 2.81 bits per heavy atom. The third-order valence-electron chi connectivity index (χ3n) is 4.12. The van der Waals surface area contributed by atoms with Gasteiger partial charge in [0.05, 0.1) is 13.7 Å². The van der Waals surface area contributed by atoms with E-state index in [1.165, 1.54) is 25.3 Å². The summed E-state index contributed by atoms with van der Waals surface area (Å²) in [6.45, 7) is -0.0313. The molecule has 0 saturated carbocycles. The van der Waals surface area contributed by atoms with Crippen LogP contribution >= 0.6 is 22.9 Å². The number of benzene rings is 2. The first-order valence-electron chi connectivity index (χ1n) is 8.72. The predicted molar refractivity (Wildman–Crippen MR) is 112 cm³/mol. The Labute approximate surface area is 186 Å². The molecule has 2 N–H and O–H groups in total. The van der Waals surface area contributed by atoms with E-state index in [-0.39, 0.29) is 34.0 Å². The molecular formula is C18H15ClN4O6S2. The van der Waals surface area contributed by atoms with Crippen molar-refractivity contribution in [3.05, 3.63) is 51.4 Å². The van der Waals surface area contributed by atoms with Gasteiger partial charge in [-0.05, 0) is 30.3 Å². The number of carbonyl (C=O) groups excluding carboxylic acids is 1. The van der Waals surface area contributed by atoms with E-state index in [0.29, 0.717) is 22.2 Å². The molecule has 0 aliphatic carbocycles. The number of nitrogens with zero attached hydrogens (tertiary/aromatic N) is 2. The first kappa shape index (κ1) is 21.3. The molecule has 3 aromatic rings. The second-order valence-electron chi connectivity index (χ2n) is 6.14. The molecule has 0 spiro atoms. The molecule has 1 aliphatic rings. The van der Waals surface area contributed by atoms with Gasteiger partial charge in [-0.2, -0.15) is 0 Å². The number of aromatic nitrogens is 2. The number of nitrogens with one attached hydrogen (secondary N) is 2. The van der Waals surface area contributed by atoms with Crippen LogP contribution in [0.15, 0.2) is 41.3 Å². The standard InChI is InChI=1S/C18H15ClN4O6S2/c1-27-13-4-2-10(19)6-15(13)31(25,26)20-8-16-22-23-18(30-16)17(24)21-11-3-5-12-14(7-11)29-9-28-12/h2-7,20H,8-9H2,1H3,(H,21,24). The molecule has 0 saturated heterocycles. The van der Waals surface area contributed by atoms with Gasteiger partial charge >= 0.3 is 0 Å². The molecule has 0 unspecified atom stereocenters. The Balaban J connectivity index is 1.42. The molecule has 13 heteroatoms. The Bertz CT molecular complexity index is 1250. The van der Waals surface area contributed by atoms with Crippen LogP contribution in [0, 0.1) is 0 Å². The molecule has 162 valence electrons. The van der Waals surface area contributed by atoms with Crippen LogP contribution in [0.25, 0.3) is 0 Å². The summed E-state index contributed by atoms with van der Waals surface area (Å²) in [6, 6.07) is 9.25. The summed E-state index contributed by atoms with van der Waals surface area (Å²) < 4.78 is 43.2. The Kier molecular flexibility index (Phi) is 5.96. The highest BCUT2D eigenvalue weighted by Gasteiger charge is 2.22. The van der Waals surface area contributed by atoms with Crippen LogP contribution in [0.4, 0.5) is 5.69 Å². The van der Waals surface area contributed by atoms with Crippen molar-refractivity contribution in [1.82, 2.24) is 14.9 Å². The zero-order chi connectivity index (χ0) is 22.0. The highest BCUT2D eigenvalue weighted by Crippen LogP contribution is 2.34. The smallest absolute Gasteiger partial charge is 0.286 e. The first-order valence-corrected chi connectivity index (χ1v) is 11.4. The minimum absolute atomic E-state index is 0.0761. The van der Waals surface area contributed by atoms with E-state index < -0.39 is 15.9 Å². The van der Waals surface area contributed by atoms with Gasteiger partial charge in [0.2, 0.25) is 21.8 Å². The van der Waals surface area contributed by atoms with Crippen molar-refractivity contribution in [1.29, 1.82) is 0 Å². The number of ether oxygens (including phenoxy) is 3. The van der Waals surface area contributed by atoms with E-state index >= 15 is 0 Å². The molecule has 0 bridgehead atoms. The number of carbonyl (C=O) groups is 1. The van der Waals surface area contributed by atoms with Gasteiger partial charge in [0, 0.05) is 16.8 Å². The summed E-state index contributed by atoms with van der Waals surface area (Å²) >= 11 is 6.87. The largest absolute Gasteiger partial charge is 0.495 e. The molecule has 0 atom stereocenters. The molecule has 0 radical (unpaired) electrons. The lowest BCUT2D eigenvalue weighted by Gasteiger charge is -2.10. The van der Waals surface area contributed by atoms with Crippen LogP contribution in [0.3, 0.4) is 0 Å². The van der Waals surface area contributed by atoms with Gasteiger partial charge in [-0.3, -0.25) is 4.79 Å². The third kappa shape index (κ3) is 4.71. The summed E-state index contributed by atoms with van der Waals surface area (Å²) in [5.74, 6) is 0.793. The fraction of sp³-hybridized carbons (Fsp3) is 0.167. The molecule has 4 rings (SSSR count). The minimum atomic E-state index is -3.94. The normalized spacial score (nSPS) is 12.6. The van der Waals surface area contributed by atoms with E-state index in [4.69, 9.17) is 25.8 Å². The van der Waals surface area contributed by atoms with Crippen molar-refractivity contribution in [3.63, 3.8) is 0 Å². The summed E-state index contributed by atoms with van der Waals surface area (Å²) in [4.78, 5) is 12.3. The molecule has 2 heterocycles. The summed E-state index contributed by atoms with van der Waals surface area (Å²) in [6.07, 6.45) is 0. The molecule has 2 aromatic carbocycles. The van der Waals surface area contributed by atoms with E-state index in [1.54, 1.807) is 18.2 Å². The SMILES string of the molecule is COc1ccc(Cl)cc1S(=O)(=O)NCc1nnc(C(=O)Nc2ccc3c(c2)OCO3)s1. The van der Waals surface area contributed by atoms with Gasteiger partial charge in [-0.1, -0.05) is 22.9 Å². The van der Waals surface area contributed by atoms with Crippen LogP contribution in [-0.2, 0) is 16.6 Å². The molecular weight excluding hydrogens is 468 g/mol. The molecule has 10 nitrogen and oxygen atoms in total. The number of amides is 1. The van der Waals surface area contributed by atoms with Crippen molar-refractivity contribution in [2.24, 2.45) is 0 Å². The maximum absolute atomic E-state index is 12.6. The van der Waals surface area contributed by atoms with E-state index in [0.717, 1.165) is 11.3 Å². The molecule has 1 aromatic heterocycles. The maximum atomic E-state index is 12.6. The van der Waals surface area contributed by atoms with Crippen LogP contribution in [0.2, 0.25) is 5.02 Å². The lowest BCUT2D eigenvalue weighted by molar-refractivity contribution is 0.102. The lowest BCUT2D eigenvalue weighted by Crippen LogP contribution is -2.23. The molecule has 31 heavy (non-hydrogen) atoms. The molecule has 1 aliphatic heterocycles. The van der Waals surface area contributed by atoms with E-state index in [9.17, 15) is 13.2 Å². The number of halogens is 1. The van der Waals surface area contributed by atoms with Gasteiger partial charge in [-0.15, -0.1) is 10.2 Å². The average Bonchev–Trinajstić information content (AvgIpc) is 3.41. The molecule has 0 fully saturated rings. The Morgan fingerprint density at radius 1 is 1.19 bits per heavy atom. The van der Waals surface area contributed by atoms with Crippen molar-refractivity contribution < 1.29 is 27.4 Å². The first-order chi connectivity index (χ1) is 14.9. The van der Waals surface area contributed by atoms with Gasteiger partial charge in [-0.25, -0.2) is 13.1 Å². The number of sulfonamides is 1. The number of fused-ring (bicyclic) bond motifs is 1. The quantitative estimate of drug-likeness (QED) is 0.526. The van der Waals surface area contributed by atoms with Gasteiger partial charge in [0.25, 0.3) is 5.91 Å². The van der Waals surface area contributed by atoms with Crippen LogP contribution in [0.1, 0.15) is 14.8 Å². The van der Waals surface area contributed by atoms with E-state index in [2.05, 4.69) is 20.2 Å². The van der Waals surface area contributed by atoms with Crippen molar-refractivity contribution in [2.75, 3.05) is 19.2 Å². The summed E-state index contributed by atoms with van der Waals surface area (Å²) in [5, 5.41) is 11.0. The van der Waals surface area contributed by atoms with Gasteiger partial charge in [0.1, 0.15) is 15.7 Å². The number of methoxy groups -OCH3 is 1. The molecule has 1 amide bonds. The van der Waals surface area contributed by atoms with Gasteiger partial charge < -0.3 is 19.5 Å². The second kappa shape index (κ2) is 8.67. The van der Waals surface area contributed by atoms with E-state index in [1.807, 2.05) is 0 Å². The number of hydrogen-bond donors (Lipinski definition) is 2. The zero-order valence-corrected chi connectivity index (χ0v) is 18.3. The summed E-state index contributed by atoms with van der Waals surface area (Å²) in [5.41, 5.74) is 0.500. The number of anilines is 1. The Morgan fingerprint density at radius 2 is 2.00 bits per heavy atom. The van der Waals surface area contributed by atoms with Gasteiger partial charge in [0.15, 0.2) is 11.5 Å². The van der Waals surface area contributed by atoms with Crippen LogP contribution in [0.5, 0.6) is 17.2 Å². The van der Waals surface area contributed by atoms with Crippen molar-refractivity contribution in [3.8, 4) is 17.2 Å². The third-order valence-corrected chi connectivity index (χ3v) is 6.70. The maximum Gasteiger partial charge on any atom is 0.286 e. The highest BCUT2D eigenvalue weighted by atomic mass is 35.5. The Hall–Kier alpha value is -2.93. The number of hydrogen-bond acceptors (Lipinski definition) is 9. The summed E-state index contributed by atoms with van der Waals surface area (Å²) in [7, 11) is -2.58. The van der Waals surface area contributed by atoms with Crippen molar-refractivity contribution in [2.45, 2.75) is 11.4 Å². The highest BCUT2D eigenvalue weighted by molar-refractivity contribution is 7.89. The number of rotatable bonds is 7. The van der Waals surface area contributed by atoms with Crippen molar-refractivity contribution >= 4 is 44.6 Å². The fourth-order valence-corrected chi connectivity index (χ4v) is 4.85. The lowest BCUT2D eigenvalue weighted by atomic mass is 10.3. The second-order valence-corrected chi connectivity index (χ2v) is 9.38. The minimum Gasteiger partial charge on any atom is -0.495 e. The van der Waals surface area contributed by atoms with Crippen LogP contribution in [-0.4, -0.2) is 38.4 Å². The van der Waals surface area contributed by atoms with Crippen LogP contribution < -0.4 is 24.2 Å².